The summed E-state index contributed by atoms with van der Waals surface area (Å²) in [5, 5.41) is 1.33. The molecule has 8 nitrogen and oxygen atoms in total. The highest BCUT2D eigenvalue weighted by molar-refractivity contribution is 6.45. The molecule has 0 aliphatic carbocycles. The number of carbonyl (C=O) groups excluding carboxylic acids is 4. The molecule has 0 N–H and O–H groups in total. The van der Waals surface area contributed by atoms with Crippen molar-refractivity contribution >= 4 is 40.0 Å². The lowest BCUT2D eigenvalue weighted by Gasteiger charge is -2.07. The molecule has 0 fully saturated rings. The Morgan fingerprint density at radius 3 is 2.10 bits per heavy atom. The molecule has 0 aliphatic rings. The van der Waals surface area contributed by atoms with E-state index in [0.717, 1.165) is 5.39 Å². The van der Waals surface area contributed by atoms with Crippen LogP contribution in [-0.2, 0) is 19.0 Å². The Labute approximate surface area is 172 Å². The van der Waals surface area contributed by atoms with Gasteiger partial charge in [0.2, 0.25) is 0 Å². The standard InChI is InChI=1S/C22H21NO7/c1-4-28-20(25)16-15(19(24)22(27)30-6-3)17-14-10-8-7-9-13(14)11-12-23(17)18(16)21(26)29-5-2/h7-12H,4-6H2,1-3H3. The molecular weight excluding hydrogens is 390 g/mol. The van der Waals surface area contributed by atoms with E-state index in [1.165, 1.54) is 4.40 Å². The summed E-state index contributed by atoms with van der Waals surface area (Å²) in [5.74, 6) is -3.88. The smallest absolute Gasteiger partial charge is 0.379 e. The Hall–Kier alpha value is -3.68. The summed E-state index contributed by atoms with van der Waals surface area (Å²) in [6.45, 7) is 4.84. The first kappa shape index (κ1) is 21.0. The van der Waals surface area contributed by atoms with E-state index in [0.29, 0.717) is 5.39 Å². The van der Waals surface area contributed by atoms with Crippen molar-refractivity contribution in [2.75, 3.05) is 19.8 Å². The maximum absolute atomic E-state index is 13.1. The minimum Gasteiger partial charge on any atom is -0.462 e. The molecule has 2 aromatic heterocycles. The molecule has 0 aliphatic heterocycles. The number of pyridine rings is 1. The second kappa shape index (κ2) is 8.77. The molecule has 0 amide bonds. The maximum Gasteiger partial charge on any atom is 0.379 e. The van der Waals surface area contributed by atoms with E-state index in [9.17, 15) is 19.2 Å². The molecule has 0 radical (unpaired) electrons. The van der Waals surface area contributed by atoms with E-state index in [1.807, 2.05) is 12.1 Å². The van der Waals surface area contributed by atoms with Crippen molar-refractivity contribution in [2.24, 2.45) is 0 Å². The number of rotatable bonds is 7. The molecule has 30 heavy (non-hydrogen) atoms. The molecule has 0 spiro atoms. The van der Waals surface area contributed by atoms with Crippen molar-refractivity contribution in [3.63, 3.8) is 0 Å². The van der Waals surface area contributed by atoms with Crippen LogP contribution in [0.3, 0.4) is 0 Å². The number of ketones is 1. The summed E-state index contributed by atoms with van der Waals surface area (Å²) in [6.07, 6.45) is 1.55. The average Bonchev–Trinajstić information content (AvgIpc) is 3.09. The van der Waals surface area contributed by atoms with Crippen LogP contribution in [0.5, 0.6) is 0 Å². The summed E-state index contributed by atoms with van der Waals surface area (Å²) in [7, 11) is 0. The van der Waals surface area contributed by atoms with Crippen LogP contribution in [0.2, 0.25) is 0 Å². The summed E-state index contributed by atoms with van der Waals surface area (Å²) in [5.41, 5.74) is -0.502. The van der Waals surface area contributed by atoms with Gasteiger partial charge in [0, 0.05) is 11.6 Å². The molecule has 0 bridgehead atoms. The van der Waals surface area contributed by atoms with Crippen molar-refractivity contribution in [1.82, 2.24) is 4.40 Å². The highest BCUT2D eigenvalue weighted by Crippen LogP contribution is 2.32. The van der Waals surface area contributed by atoms with Crippen molar-refractivity contribution in [1.29, 1.82) is 0 Å². The van der Waals surface area contributed by atoms with E-state index in [4.69, 9.17) is 14.2 Å². The zero-order valence-corrected chi connectivity index (χ0v) is 16.9. The van der Waals surface area contributed by atoms with Crippen LogP contribution in [-0.4, -0.2) is 47.9 Å². The highest BCUT2D eigenvalue weighted by Gasteiger charge is 2.36. The molecule has 2 heterocycles. The van der Waals surface area contributed by atoms with Crippen molar-refractivity contribution in [3.05, 3.63) is 53.3 Å². The first-order valence-corrected chi connectivity index (χ1v) is 9.57. The van der Waals surface area contributed by atoms with Gasteiger partial charge in [-0.1, -0.05) is 24.3 Å². The van der Waals surface area contributed by atoms with Gasteiger partial charge in [0.05, 0.1) is 30.9 Å². The van der Waals surface area contributed by atoms with Crippen LogP contribution < -0.4 is 0 Å². The van der Waals surface area contributed by atoms with Gasteiger partial charge in [-0.05, 0) is 32.2 Å². The predicted octanol–water partition coefficient (Wildman–Crippen LogP) is 3.19. The molecule has 0 unspecified atom stereocenters. The second-order valence-electron chi connectivity index (χ2n) is 6.21. The topological polar surface area (TPSA) is 100 Å². The number of ether oxygens (including phenoxy) is 3. The summed E-state index contributed by atoms with van der Waals surface area (Å²) >= 11 is 0. The Morgan fingerprint density at radius 1 is 0.800 bits per heavy atom. The van der Waals surface area contributed by atoms with E-state index < -0.39 is 23.7 Å². The van der Waals surface area contributed by atoms with Crippen molar-refractivity contribution in [2.45, 2.75) is 20.8 Å². The fourth-order valence-electron chi connectivity index (χ4n) is 3.34. The SMILES string of the molecule is CCOC(=O)C(=O)c1c(C(=O)OCC)c(C(=O)OCC)n2ccc3ccccc3c12. The van der Waals surface area contributed by atoms with Gasteiger partial charge in [0.1, 0.15) is 11.3 Å². The molecule has 0 saturated heterocycles. The monoisotopic (exact) mass is 411 g/mol. The summed E-state index contributed by atoms with van der Waals surface area (Å²) in [4.78, 5) is 51.0. The molecule has 3 rings (SSSR count). The van der Waals surface area contributed by atoms with Crippen molar-refractivity contribution in [3.8, 4) is 0 Å². The maximum atomic E-state index is 13.1. The highest BCUT2D eigenvalue weighted by atomic mass is 16.5. The number of hydrogen-bond donors (Lipinski definition) is 0. The fraction of sp³-hybridized carbons (Fsp3) is 0.273. The number of hydrogen-bond acceptors (Lipinski definition) is 7. The van der Waals surface area contributed by atoms with Gasteiger partial charge >= 0.3 is 17.9 Å². The van der Waals surface area contributed by atoms with E-state index in [1.54, 1.807) is 45.2 Å². The van der Waals surface area contributed by atoms with E-state index >= 15 is 0 Å². The van der Waals surface area contributed by atoms with Crippen LogP contribution in [0, 0.1) is 0 Å². The lowest BCUT2D eigenvalue weighted by molar-refractivity contribution is -0.137. The quantitative estimate of drug-likeness (QED) is 0.255. The van der Waals surface area contributed by atoms with Gasteiger partial charge in [-0.3, -0.25) is 4.79 Å². The third-order valence-corrected chi connectivity index (χ3v) is 4.46. The Kier molecular flexibility index (Phi) is 6.15. The number of fused-ring (bicyclic) bond motifs is 3. The molecule has 0 atom stereocenters. The van der Waals surface area contributed by atoms with Crippen LogP contribution in [0.4, 0.5) is 0 Å². The summed E-state index contributed by atoms with van der Waals surface area (Å²) < 4.78 is 16.5. The molecule has 1 aromatic carbocycles. The lowest BCUT2D eigenvalue weighted by atomic mass is 10.0. The average molecular weight is 411 g/mol. The first-order valence-electron chi connectivity index (χ1n) is 9.57. The number of carbonyl (C=O) groups is 4. The third kappa shape index (κ3) is 3.52. The number of esters is 3. The van der Waals surface area contributed by atoms with Crippen molar-refractivity contribution < 1.29 is 33.4 Å². The van der Waals surface area contributed by atoms with Crippen LogP contribution in [0.15, 0.2) is 36.5 Å². The predicted molar refractivity (Wildman–Crippen MR) is 108 cm³/mol. The lowest BCUT2D eigenvalue weighted by Crippen LogP contribution is -2.21. The van der Waals surface area contributed by atoms with Gasteiger partial charge in [-0.15, -0.1) is 0 Å². The Bertz CT molecular complexity index is 1160. The molecule has 0 saturated carbocycles. The second-order valence-corrected chi connectivity index (χ2v) is 6.21. The molecular formula is C22H21NO7. The number of aromatic nitrogens is 1. The van der Waals surface area contributed by atoms with Gasteiger partial charge in [-0.2, -0.15) is 0 Å². The molecule has 8 heteroatoms. The van der Waals surface area contributed by atoms with Crippen LogP contribution in [0.25, 0.3) is 16.3 Å². The first-order chi connectivity index (χ1) is 14.5. The van der Waals surface area contributed by atoms with Gasteiger partial charge in [-0.25, -0.2) is 14.4 Å². The number of nitrogens with zero attached hydrogens (tertiary/aromatic N) is 1. The molecule has 156 valence electrons. The van der Waals surface area contributed by atoms with Crippen LogP contribution in [0.1, 0.15) is 52.0 Å². The number of Topliss-reactive ketones (excluding diaryl/α,β-unsaturated/α-hetero) is 1. The Morgan fingerprint density at radius 2 is 1.43 bits per heavy atom. The normalized spacial score (nSPS) is 10.8. The van der Waals surface area contributed by atoms with Gasteiger partial charge < -0.3 is 18.6 Å². The van der Waals surface area contributed by atoms with E-state index in [2.05, 4.69) is 0 Å². The molecule has 3 aromatic rings. The minimum absolute atomic E-state index is 0.0150. The van der Waals surface area contributed by atoms with Gasteiger partial charge in [0.15, 0.2) is 0 Å². The zero-order chi connectivity index (χ0) is 21.8. The number of benzene rings is 1. The van der Waals surface area contributed by atoms with Gasteiger partial charge in [0.25, 0.3) is 5.78 Å². The Balaban J connectivity index is 2.49. The largest absolute Gasteiger partial charge is 0.462 e. The van der Waals surface area contributed by atoms with E-state index in [-0.39, 0.29) is 42.2 Å². The fourth-order valence-corrected chi connectivity index (χ4v) is 3.34. The minimum atomic E-state index is -1.13. The van der Waals surface area contributed by atoms with Crippen LogP contribution >= 0.6 is 0 Å². The zero-order valence-electron chi connectivity index (χ0n) is 16.9. The third-order valence-electron chi connectivity index (χ3n) is 4.46. The summed E-state index contributed by atoms with van der Waals surface area (Å²) in [6, 6.07) is 8.85.